The van der Waals surface area contributed by atoms with E-state index >= 15 is 0 Å². The lowest BCUT2D eigenvalue weighted by atomic mass is 10.1. The van der Waals surface area contributed by atoms with E-state index in [1.165, 1.54) is 6.92 Å². The van der Waals surface area contributed by atoms with Crippen LogP contribution in [-0.2, 0) is 4.79 Å². The first kappa shape index (κ1) is 19.1. The quantitative estimate of drug-likeness (QED) is 0.607. The van der Waals surface area contributed by atoms with Crippen molar-refractivity contribution < 1.29 is 9.59 Å². The molecule has 3 rings (SSSR count). The van der Waals surface area contributed by atoms with Crippen LogP contribution in [0, 0.1) is 13.8 Å². The van der Waals surface area contributed by atoms with Gasteiger partial charge in [-0.3, -0.25) is 9.59 Å². The molecule has 2 aromatic carbocycles. The topological polar surface area (TPSA) is 83.1 Å². The summed E-state index contributed by atoms with van der Waals surface area (Å²) in [5, 5.41) is 8.83. The minimum absolute atomic E-state index is 0.111. The van der Waals surface area contributed by atoms with E-state index in [1.54, 1.807) is 18.3 Å². The van der Waals surface area contributed by atoms with E-state index in [9.17, 15) is 9.59 Å². The summed E-state index contributed by atoms with van der Waals surface area (Å²) >= 11 is 0. The Bertz CT molecular complexity index is 996. The van der Waals surface area contributed by atoms with Crippen molar-refractivity contribution >= 4 is 34.6 Å². The molecule has 0 fully saturated rings. The normalized spacial score (nSPS) is 10.2. The number of aromatic nitrogens is 1. The molecule has 0 spiro atoms. The van der Waals surface area contributed by atoms with Crippen molar-refractivity contribution in [1.29, 1.82) is 0 Å². The van der Waals surface area contributed by atoms with Gasteiger partial charge in [0.2, 0.25) is 5.91 Å². The molecule has 0 radical (unpaired) electrons. The zero-order valence-electron chi connectivity index (χ0n) is 16.0. The van der Waals surface area contributed by atoms with Gasteiger partial charge in [0.15, 0.2) is 0 Å². The van der Waals surface area contributed by atoms with Crippen LogP contribution in [0.25, 0.3) is 0 Å². The molecular formula is C22H22N4O2. The van der Waals surface area contributed by atoms with E-state index in [1.807, 2.05) is 56.3 Å². The Balaban J connectivity index is 1.65. The Morgan fingerprint density at radius 2 is 1.50 bits per heavy atom. The van der Waals surface area contributed by atoms with E-state index < -0.39 is 0 Å². The van der Waals surface area contributed by atoms with E-state index in [0.717, 1.165) is 33.9 Å². The second kappa shape index (κ2) is 8.35. The first-order valence-electron chi connectivity index (χ1n) is 8.90. The van der Waals surface area contributed by atoms with Gasteiger partial charge in [0.25, 0.3) is 5.91 Å². The minimum Gasteiger partial charge on any atom is -0.354 e. The summed E-state index contributed by atoms with van der Waals surface area (Å²) in [6, 6.07) is 16.6. The first-order chi connectivity index (χ1) is 13.4. The second-order valence-corrected chi connectivity index (χ2v) is 6.52. The van der Waals surface area contributed by atoms with Crippen LogP contribution in [-0.4, -0.2) is 16.8 Å². The van der Waals surface area contributed by atoms with Crippen LogP contribution >= 0.6 is 0 Å². The van der Waals surface area contributed by atoms with E-state index in [-0.39, 0.29) is 11.8 Å². The molecule has 0 bridgehead atoms. The van der Waals surface area contributed by atoms with Gasteiger partial charge in [0, 0.05) is 24.0 Å². The number of hydrogen-bond acceptors (Lipinski definition) is 4. The van der Waals surface area contributed by atoms with Crippen molar-refractivity contribution in [3.8, 4) is 0 Å². The summed E-state index contributed by atoms with van der Waals surface area (Å²) in [7, 11) is 0. The molecule has 1 aromatic heterocycles. The maximum absolute atomic E-state index is 12.4. The maximum atomic E-state index is 12.4. The van der Waals surface area contributed by atoms with Gasteiger partial charge in [-0.15, -0.1) is 0 Å². The number of amides is 2. The number of anilines is 4. The van der Waals surface area contributed by atoms with Crippen LogP contribution in [0.5, 0.6) is 0 Å². The Morgan fingerprint density at radius 3 is 2.14 bits per heavy atom. The number of aryl methyl sites for hydroxylation is 1. The lowest BCUT2D eigenvalue weighted by molar-refractivity contribution is -0.114. The van der Waals surface area contributed by atoms with Gasteiger partial charge in [-0.2, -0.15) is 0 Å². The average molecular weight is 374 g/mol. The van der Waals surface area contributed by atoms with Crippen LogP contribution in [0.15, 0.2) is 60.8 Å². The highest BCUT2D eigenvalue weighted by Gasteiger charge is 2.10. The molecule has 28 heavy (non-hydrogen) atoms. The number of carbonyl (C=O) groups is 2. The van der Waals surface area contributed by atoms with Crippen LogP contribution < -0.4 is 16.0 Å². The molecule has 0 aliphatic heterocycles. The summed E-state index contributed by atoms with van der Waals surface area (Å²) in [5.74, 6) is -0.362. The Morgan fingerprint density at radius 1 is 0.821 bits per heavy atom. The van der Waals surface area contributed by atoms with Crippen LogP contribution in [0.4, 0.5) is 22.7 Å². The Labute approximate surface area is 164 Å². The smallest absolute Gasteiger partial charge is 0.274 e. The van der Waals surface area contributed by atoms with Crippen molar-refractivity contribution in [2.75, 3.05) is 16.0 Å². The average Bonchev–Trinajstić information content (AvgIpc) is 2.67. The number of pyridine rings is 1. The second-order valence-electron chi connectivity index (χ2n) is 6.52. The SMILES string of the molecule is CC(=O)Nc1ccc(Nc2ccc(C(=O)Nc3cccc(C)c3C)nc2)cc1. The van der Waals surface area contributed by atoms with Gasteiger partial charge in [-0.1, -0.05) is 12.1 Å². The number of nitrogens with zero attached hydrogens (tertiary/aromatic N) is 1. The number of hydrogen-bond donors (Lipinski definition) is 3. The zero-order valence-corrected chi connectivity index (χ0v) is 16.0. The molecule has 0 saturated heterocycles. The lowest BCUT2D eigenvalue weighted by Crippen LogP contribution is -2.14. The minimum atomic E-state index is -0.250. The van der Waals surface area contributed by atoms with E-state index in [2.05, 4.69) is 20.9 Å². The summed E-state index contributed by atoms with van der Waals surface area (Å²) in [4.78, 5) is 27.8. The van der Waals surface area contributed by atoms with Crippen molar-refractivity contribution in [2.24, 2.45) is 0 Å². The number of carbonyl (C=O) groups excluding carboxylic acids is 2. The van der Waals surface area contributed by atoms with Crippen molar-refractivity contribution in [2.45, 2.75) is 20.8 Å². The standard InChI is InChI=1S/C22H22N4O2/c1-14-5-4-6-20(15(14)2)26-22(28)21-12-11-19(13-23-21)25-18-9-7-17(8-10-18)24-16(3)27/h4-13,25H,1-3H3,(H,24,27)(H,26,28). The summed E-state index contributed by atoms with van der Waals surface area (Å²) < 4.78 is 0. The fraction of sp³-hybridized carbons (Fsp3) is 0.136. The molecule has 0 atom stereocenters. The van der Waals surface area contributed by atoms with Gasteiger partial charge in [-0.25, -0.2) is 4.98 Å². The highest BCUT2D eigenvalue weighted by atomic mass is 16.2. The van der Waals surface area contributed by atoms with E-state index in [0.29, 0.717) is 5.69 Å². The predicted molar refractivity (Wildman–Crippen MR) is 112 cm³/mol. The van der Waals surface area contributed by atoms with Crippen molar-refractivity contribution in [3.05, 3.63) is 77.6 Å². The van der Waals surface area contributed by atoms with Gasteiger partial charge < -0.3 is 16.0 Å². The molecule has 6 heteroatoms. The molecule has 0 aliphatic carbocycles. The number of rotatable bonds is 5. The third-order valence-corrected chi connectivity index (χ3v) is 4.34. The van der Waals surface area contributed by atoms with E-state index in [4.69, 9.17) is 0 Å². The lowest BCUT2D eigenvalue weighted by Gasteiger charge is -2.11. The molecule has 0 saturated carbocycles. The third kappa shape index (κ3) is 4.73. The molecular weight excluding hydrogens is 352 g/mol. The van der Waals surface area contributed by atoms with Gasteiger partial charge >= 0.3 is 0 Å². The number of benzene rings is 2. The molecule has 1 heterocycles. The summed E-state index contributed by atoms with van der Waals surface area (Å²) in [6.45, 7) is 5.45. The summed E-state index contributed by atoms with van der Waals surface area (Å²) in [6.07, 6.45) is 1.61. The fourth-order valence-corrected chi connectivity index (χ4v) is 2.68. The summed E-state index contributed by atoms with van der Waals surface area (Å²) in [5.41, 5.74) is 5.63. The first-order valence-corrected chi connectivity index (χ1v) is 8.90. The molecule has 3 aromatic rings. The molecule has 2 amide bonds. The van der Waals surface area contributed by atoms with Crippen LogP contribution in [0.2, 0.25) is 0 Å². The van der Waals surface area contributed by atoms with Crippen LogP contribution in [0.1, 0.15) is 28.5 Å². The molecule has 3 N–H and O–H groups in total. The molecule has 6 nitrogen and oxygen atoms in total. The zero-order chi connectivity index (χ0) is 20.1. The highest BCUT2D eigenvalue weighted by molar-refractivity contribution is 6.03. The van der Waals surface area contributed by atoms with Crippen molar-refractivity contribution in [1.82, 2.24) is 4.98 Å². The molecule has 0 aliphatic rings. The third-order valence-electron chi connectivity index (χ3n) is 4.34. The fourth-order valence-electron chi connectivity index (χ4n) is 2.68. The highest BCUT2D eigenvalue weighted by Crippen LogP contribution is 2.20. The Kier molecular flexibility index (Phi) is 5.69. The van der Waals surface area contributed by atoms with Gasteiger partial charge in [-0.05, 0) is 67.4 Å². The maximum Gasteiger partial charge on any atom is 0.274 e. The monoisotopic (exact) mass is 374 g/mol. The predicted octanol–water partition coefficient (Wildman–Crippen LogP) is 4.65. The Hall–Kier alpha value is -3.67. The molecule has 0 unspecified atom stereocenters. The largest absolute Gasteiger partial charge is 0.354 e. The van der Waals surface area contributed by atoms with Crippen molar-refractivity contribution in [3.63, 3.8) is 0 Å². The molecule has 142 valence electrons. The number of nitrogens with one attached hydrogen (secondary N) is 3. The van der Waals surface area contributed by atoms with Gasteiger partial charge in [0.05, 0.1) is 11.9 Å². The van der Waals surface area contributed by atoms with Crippen LogP contribution in [0.3, 0.4) is 0 Å². The van der Waals surface area contributed by atoms with Gasteiger partial charge in [0.1, 0.15) is 5.69 Å².